The van der Waals surface area contributed by atoms with Gasteiger partial charge in [-0.05, 0) is 63.8 Å². The summed E-state index contributed by atoms with van der Waals surface area (Å²) in [6, 6.07) is 5.27. The Morgan fingerprint density at radius 2 is 1.78 bits per heavy atom. The Labute approximate surface area is 188 Å². The van der Waals surface area contributed by atoms with Crippen LogP contribution in [0.3, 0.4) is 0 Å². The minimum Gasteiger partial charge on any atom is -0.508 e. The fourth-order valence-electron chi connectivity index (χ4n) is 3.30. The first-order valence-corrected chi connectivity index (χ1v) is 10.2. The van der Waals surface area contributed by atoms with Crippen LogP contribution in [0, 0.1) is 5.92 Å². The van der Waals surface area contributed by atoms with Crippen LogP contribution in [0.5, 0.6) is 28.7 Å². The molecule has 0 aliphatic rings. The summed E-state index contributed by atoms with van der Waals surface area (Å²) >= 11 is 0. The molecule has 0 heterocycles. The van der Waals surface area contributed by atoms with Crippen molar-refractivity contribution in [3.05, 3.63) is 70.8 Å². The molecule has 6 nitrogen and oxygen atoms in total. The average molecular weight is 439 g/mol. The van der Waals surface area contributed by atoms with Crippen LogP contribution < -0.4 is 4.74 Å². The van der Waals surface area contributed by atoms with E-state index in [0.29, 0.717) is 24.0 Å². The van der Waals surface area contributed by atoms with Crippen molar-refractivity contribution in [2.45, 2.75) is 33.6 Å². The smallest absolute Gasteiger partial charge is 0.193 e. The highest BCUT2D eigenvalue weighted by Gasteiger charge is 2.24. The van der Waals surface area contributed by atoms with Gasteiger partial charge in [0.25, 0.3) is 0 Å². The summed E-state index contributed by atoms with van der Waals surface area (Å²) in [4.78, 5) is 12.8. The molecule has 2 rings (SSSR count). The van der Waals surface area contributed by atoms with E-state index in [1.807, 2.05) is 20.8 Å². The number of ketones is 1. The molecular formula is C26H30O6. The summed E-state index contributed by atoms with van der Waals surface area (Å²) in [6.07, 6.45) is 5.64. The largest absolute Gasteiger partial charge is 0.508 e. The van der Waals surface area contributed by atoms with Crippen molar-refractivity contribution in [2.24, 2.45) is 5.92 Å². The molecule has 0 aliphatic carbocycles. The second-order valence-electron chi connectivity index (χ2n) is 8.01. The minimum atomic E-state index is -0.646. The summed E-state index contributed by atoms with van der Waals surface area (Å²) in [5, 5.41) is 40.6. The maximum atomic E-state index is 12.8. The van der Waals surface area contributed by atoms with Crippen molar-refractivity contribution in [1.82, 2.24) is 0 Å². The topological polar surface area (TPSA) is 107 Å². The average Bonchev–Trinajstić information content (AvgIpc) is 2.71. The molecule has 0 amide bonds. The Balaban J connectivity index is 2.45. The summed E-state index contributed by atoms with van der Waals surface area (Å²) in [7, 11) is 1.43. The fraction of sp³-hybridized carbons (Fsp3) is 0.269. The molecule has 1 unspecified atom stereocenters. The second-order valence-corrected chi connectivity index (χ2v) is 8.01. The number of aromatic hydroxyl groups is 4. The van der Waals surface area contributed by atoms with Gasteiger partial charge in [0.05, 0.1) is 7.11 Å². The highest BCUT2D eigenvalue weighted by atomic mass is 16.5. The summed E-state index contributed by atoms with van der Waals surface area (Å²) in [6.45, 7) is 9.96. The van der Waals surface area contributed by atoms with Crippen LogP contribution in [0.15, 0.2) is 54.1 Å². The van der Waals surface area contributed by atoms with Gasteiger partial charge in [-0.1, -0.05) is 23.8 Å². The van der Waals surface area contributed by atoms with Crippen molar-refractivity contribution in [3.63, 3.8) is 0 Å². The predicted octanol–water partition coefficient (Wildman–Crippen LogP) is 5.50. The highest BCUT2D eigenvalue weighted by molar-refractivity contribution is 6.11. The number of phenols is 4. The predicted molar refractivity (Wildman–Crippen MR) is 126 cm³/mol. The molecule has 170 valence electrons. The number of carbonyl (C=O) groups excluding carboxylic acids is 1. The van der Waals surface area contributed by atoms with E-state index in [1.165, 1.54) is 31.4 Å². The molecule has 2 aromatic carbocycles. The van der Waals surface area contributed by atoms with E-state index >= 15 is 0 Å². The van der Waals surface area contributed by atoms with Gasteiger partial charge in [-0.2, -0.15) is 0 Å². The van der Waals surface area contributed by atoms with Gasteiger partial charge < -0.3 is 25.2 Å². The third kappa shape index (κ3) is 5.94. The van der Waals surface area contributed by atoms with Gasteiger partial charge in [0.1, 0.15) is 34.3 Å². The standard InChI is InChI=1S/C26H30O6/c1-15(2)6-7-18(16(3)4)12-20-24(32-5)14-23(30)25(26(20)31)21(28)11-9-17-8-10-19(27)13-22(17)29/h6,8-11,13-14,18,27,29-31H,3,7,12H2,1-2,4-5H3. The SMILES string of the molecule is C=C(C)C(CC=C(C)C)Cc1c(OC)cc(O)c(C(=O)C=Cc2ccc(O)cc2O)c1O. The normalized spacial score (nSPS) is 11.9. The Bertz CT molecular complexity index is 1070. The van der Waals surface area contributed by atoms with Gasteiger partial charge in [0, 0.05) is 23.3 Å². The molecule has 32 heavy (non-hydrogen) atoms. The minimum absolute atomic E-state index is 0.00156. The van der Waals surface area contributed by atoms with Gasteiger partial charge in [-0.25, -0.2) is 0 Å². The second kappa shape index (κ2) is 10.6. The fourth-order valence-corrected chi connectivity index (χ4v) is 3.30. The van der Waals surface area contributed by atoms with E-state index in [2.05, 4.69) is 12.7 Å². The maximum Gasteiger partial charge on any atom is 0.193 e. The molecule has 2 aromatic rings. The molecule has 0 saturated carbocycles. The van der Waals surface area contributed by atoms with Gasteiger partial charge in [-0.3, -0.25) is 4.79 Å². The lowest BCUT2D eigenvalue weighted by Crippen LogP contribution is -2.09. The molecule has 0 aromatic heterocycles. The molecule has 0 bridgehead atoms. The van der Waals surface area contributed by atoms with E-state index in [4.69, 9.17) is 4.74 Å². The number of hydrogen-bond donors (Lipinski definition) is 4. The third-order valence-corrected chi connectivity index (χ3v) is 5.20. The number of phenolic OH excluding ortho intramolecular Hbond substituents is 4. The number of methoxy groups -OCH3 is 1. The molecule has 1 atom stereocenters. The molecule has 0 spiro atoms. The monoisotopic (exact) mass is 438 g/mol. The summed E-state index contributed by atoms with van der Waals surface area (Å²) in [5.41, 5.74) is 2.54. The van der Waals surface area contributed by atoms with Crippen LogP contribution in [-0.4, -0.2) is 33.3 Å². The van der Waals surface area contributed by atoms with Crippen LogP contribution in [0.1, 0.15) is 48.7 Å². The van der Waals surface area contributed by atoms with E-state index in [0.717, 1.165) is 23.3 Å². The summed E-state index contributed by atoms with van der Waals surface area (Å²) < 4.78 is 5.35. The Hall–Kier alpha value is -3.67. The third-order valence-electron chi connectivity index (χ3n) is 5.20. The number of allylic oxidation sites excluding steroid dienone is 4. The lowest BCUT2D eigenvalue weighted by Gasteiger charge is -2.20. The zero-order chi connectivity index (χ0) is 24.0. The molecule has 0 fully saturated rings. The van der Waals surface area contributed by atoms with Gasteiger partial charge in [0.2, 0.25) is 0 Å². The molecule has 0 saturated heterocycles. The number of carbonyl (C=O) groups is 1. The number of rotatable bonds is 9. The summed E-state index contributed by atoms with van der Waals surface area (Å²) in [5.74, 6) is -1.45. The van der Waals surface area contributed by atoms with E-state index in [-0.39, 0.29) is 34.5 Å². The zero-order valence-electron chi connectivity index (χ0n) is 18.8. The molecule has 0 aliphatic heterocycles. The van der Waals surface area contributed by atoms with Crippen LogP contribution in [-0.2, 0) is 6.42 Å². The molecule has 4 N–H and O–H groups in total. The molecule has 6 heteroatoms. The first-order chi connectivity index (χ1) is 15.0. The number of hydrogen-bond acceptors (Lipinski definition) is 6. The van der Waals surface area contributed by atoms with E-state index in [9.17, 15) is 25.2 Å². The Morgan fingerprint density at radius 1 is 1.09 bits per heavy atom. The quantitative estimate of drug-likeness (QED) is 0.234. The van der Waals surface area contributed by atoms with Crippen molar-refractivity contribution in [3.8, 4) is 28.7 Å². The van der Waals surface area contributed by atoms with E-state index < -0.39 is 11.5 Å². The van der Waals surface area contributed by atoms with Gasteiger partial charge in [-0.15, -0.1) is 0 Å². The van der Waals surface area contributed by atoms with Gasteiger partial charge >= 0.3 is 0 Å². The van der Waals surface area contributed by atoms with Crippen molar-refractivity contribution in [1.29, 1.82) is 0 Å². The zero-order valence-corrected chi connectivity index (χ0v) is 18.8. The number of benzene rings is 2. The lowest BCUT2D eigenvalue weighted by atomic mass is 9.88. The van der Waals surface area contributed by atoms with Gasteiger partial charge in [0.15, 0.2) is 5.78 Å². The molecular weight excluding hydrogens is 408 g/mol. The Kier molecular flexibility index (Phi) is 8.13. The van der Waals surface area contributed by atoms with Crippen molar-refractivity contribution in [2.75, 3.05) is 7.11 Å². The van der Waals surface area contributed by atoms with Crippen LogP contribution >= 0.6 is 0 Å². The lowest BCUT2D eigenvalue weighted by molar-refractivity contribution is 0.104. The highest BCUT2D eigenvalue weighted by Crippen LogP contribution is 2.41. The van der Waals surface area contributed by atoms with Crippen LogP contribution in [0.25, 0.3) is 6.08 Å². The van der Waals surface area contributed by atoms with E-state index in [1.54, 1.807) is 0 Å². The van der Waals surface area contributed by atoms with Crippen molar-refractivity contribution < 1.29 is 30.0 Å². The number of ether oxygens (including phenoxy) is 1. The van der Waals surface area contributed by atoms with Crippen molar-refractivity contribution >= 4 is 11.9 Å². The molecule has 0 radical (unpaired) electrons. The Morgan fingerprint density at radius 3 is 2.34 bits per heavy atom. The maximum absolute atomic E-state index is 12.8. The van der Waals surface area contributed by atoms with Crippen LogP contribution in [0.2, 0.25) is 0 Å². The first-order valence-electron chi connectivity index (χ1n) is 10.2. The van der Waals surface area contributed by atoms with Crippen LogP contribution in [0.4, 0.5) is 0 Å². The first kappa shape index (κ1) is 24.6.